The van der Waals surface area contributed by atoms with Gasteiger partial charge in [-0.25, -0.2) is 9.62 Å². The third-order valence-electron chi connectivity index (χ3n) is 3.12. The van der Waals surface area contributed by atoms with Crippen molar-refractivity contribution >= 4 is 55.9 Å². The summed E-state index contributed by atoms with van der Waals surface area (Å²) in [4.78, 5) is 15.9. The SMILES string of the molecule is CS(=O)CCC(=O)NCCSc1nonc1C(=Nc1cccc(Br)c1)NO. The maximum absolute atomic E-state index is 11.6. The highest BCUT2D eigenvalue weighted by Crippen LogP contribution is 2.22. The molecule has 1 aromatic carbocycles. The Labute approximate surface area is 170 Å². The summed E-state index contributed by atoms with van der Waals surface area (Å²) < 4.78 is 16.6. The Morgan fingerprint density at radius 1 is 1.44 bits per heavy atom. The third kappa shape index (κ3) is 7.40. The van der Waals surface area contributed by atoms with Gasteiger partial charge in [0.05, 0.1) is 5.69 Å². The van der Waals surface area contributed by atoms with Crippen LogP contribution in [0.2, 0.25) is 0 Å². The van der Waals surface area contributed by atoms with E-state index in [1.54, 1.807) is 18.4 Å². The van der Waals surface area contributed by atoms with Gasteiger partial charge in [0.25, 0.3) is 0 Å². The van der Waals surface area contributed by atoms with E-state index in [2.05, 4.69) is 36.6 Å². The largest absolute Gasteiger partial charge is 0.355 e. The first-order valence-electron chi connectivity index (χ1n) is 7.76. The minimum Gasteiger partial charge on any atom is -0.355 e. The van der Waals surface area contributed by atoms with E-state index in [9.17, 15) is 14.2 Å². The molecule has 0 spiro atoms. The number of hydrogen-bond donors (Lipinski definition) is 3. The van der Waals surface area contributed by atoms with Crippen molar-refractivity contribution in [1.29, 1.82) is 0 Å². The van der Waals surface area contributed by atoms with Gasteiger partial charge in [-0.3, -0.25) is 19.7 Å². The zero-order chi connectivity index (χ0) is 19.6. The Hall–Kier alpha value is -1.76. The van der Waals surface area contributed by atoms with E-state index in [0.29, 0.717) is 28.8 Å². The van der Waals surface area contributed by atoms with Crippen molar-refractivity contribution < 1.29 is 18.8 Å². The fourth-order valence-corrected chi connectivity index (χ4v) is 3.50. The Morgan fingerprint density at radius 3 is 2.96 bits per heavy atom. The molecule has 3 N–H and O–H groups in total. The molecule has 1 atom stereocenters. The van der Waals surface area contributed by atoms with Crippen molar-refractivity contribution in [3.05, 3.63) is 34.4 Å². The molecule has 146 valence electrons. The van der Waals surface area contributed by atoms with Crippen molar-refractivity contribution in [3.63, 3.8) is 0 Å². The van der Waals surface area contributed by atoms with Gasteiger partial charge in [-0.1, -0.05) is 33.8 Å². The van der Waals surface area contributed by atoms with Gasteiger partial charge in [-0.15, -0.1) is 0 Å². The summed E-state index contributed by atoms with van der Waals surface area (Å²) in [6.45, 7) is 0.400. The van der Waals surface area contributed by atoms with E-state index >= 15 is 0 Å². The molecule has 1 aromatic heterocycles. The van der Waals surface area contributed by atoms with Gasteiger partial charge in [0.15, 0.2) is 16.6 Å². The monoisotopic (exact) mass is 475 g/mol. The molecule has 0 saturated heterocycles. The summed E-state index contributed by atoms with van der Waals surface area (Å²) in [7, 11) is -0.989. The highest BCUT2D eigenvalue weighted by Gasteiger charge is 2.17. The molecule has 0 saturated carbocycles. The number of amidine groups is 1. The lowest BCUT2D eigenvalue weighted by molar-refractivity contribution is -0.120. The van der Waals surface area contributed by atoms with Crippen LogP contribution in [0.15, 0.2) is 43.4 Å². The van der Waals surface area contributed by atoms with Crippen molar-refractivity contribution in [2.75, 3.05) is 24.3 Å². The molecule has 0 aliphatic heterocycles. The molecule has 12 heteroatoms. The first-order chi connectivity index (χ1) is 13.0. The number of aromatic nitrogens is 2. The number of carbonyl (C=O) groups excluding carboxylic acids is 1. The van der Waals surface area contributed by atoms with E-state index in [1.165, 1.54) is 11.8 Å². The average Bonchev–Trinajstić information content (AvgIpc) is 3.10. The smallest absolute Gasteiger partial charge is 0.220 e. The molecule has 2 aromatic rings. The second-order valence-electron chi connectivity index (χ2n) is 5.20. The van der Waals surface area contributed by atoms with Gasteiger partial charge in [0.2, 0.25) is 5.91 Å². The predicted molar refractivity (Wildman–Crippen MR) is 107 cm³/mol. The van der Waals surface area contributed by atoms with Crippen molar-refractivity contribution in [1.82, 2.24) is 21.1 Å². The highest BCUT2D eigenvalue weighted by molar-refractivity contribution is 9.10. The standard InChI is InChI=1S/C15H18BrN5O4S2/c1-27(24)8-5-12(22)17-6-7-26-15-13(20-25-21-15)14(19-23)18-11-4-2-3-10(16)9-11/h2-4,9,23H,5-8H2,1H3,(H,17,22)(H,18,19). The molecule has 1 amide bonds. The van der Waals surface area contributed by atoms with Gasteiger partial charge >= 0.3 is 0 Å². The van der Waals surface area contributed by atoms with E-state index in [0.717, 1.165) is 4.47 Å². The summed E-state index contributed by atoms with van der Waals surface area (Å²) in [5, 5.41) is 20.1. The van der Waals surface area contributed by atoms with E-state index in [4.69, 9.17) is 4.63 Å². The van der Waals surface area contributed by atoms with Crippen LogP contribution in [-0.2, 0) is 15.6 Å². The summed E-state index contributed by atoms with van der Waals surface area (Å²) in [5.74, 6) is 0.788. The molecular formula is C15H18BrN5O4S2. The Kier molecular flexibility index (Phi) is 8.91. The number of thioether (sulfide) groups is 1. The number of hydroxylamine groups is 1. The first-order valence-corrected chi connectivity index (χ1v) is 11.3. The fourth-order valence-electron chi connectivity index (χ4n) is 1.89. The molecule has 0 aliphatic carbocycles. The maximum Gasteiger partial charge on any atom is 0.220 e. The normalized spacial score (nSPS) is 12.6. The van der Waals surface area contributed by atoms with Crippen LogP contribution in [0.4, 0.5) is 5.69 Å². The zero-order valence-electron chi connectivity index (χ0n) is 14.3. The highest BCUT2D eigenvalue weighted by atomic mass is 79.9. The number of rotatable bonds is 9. The summed E-state index contributed by atoms with van der Waals surface area (Å²) >= 11 is 4.65. The number of carbonyl (C=O) groups is 1. The van der Waals surface area contributed by atoms with Crippen LogP contribution in [0.5, 0.6) is 0 Å². The number of aliphatic imine (C=N–C) groups is 1. The molecule has 27 heavy (non-hydrogen) atoms. The Balaban J connectivity index is 1.94. The summed E-state index contributed by atoms with van der Waals surface area (Å²) in [6.07, 6.45) is 1.78. The van der Waals surface area contributed by atoms with Gasteiger partial charge in [-0.2, -0.15) is 0 Å². The van der Waals surface area contributed by atoms with Crippen molar-refractivity contribution in [2.45, 2.75) is 11.4 Å². The fraction of sp³-hybridized carbons (Fsp3) is 0.333. The number of hydrogen-bond acceptors (Lipinski definition) is 8. The van der Waals surface area contributed by atoms with Gasteiger partial charge in [0.1, 0.15) is 0 Å². The van der Waals surface area contributed by atoms with Crippen molar-refractivity contribution in [3.8, 4) is 0 Å². The molecule has 0 radical (unpaired) electrons. The molecule has 2 rings (SSSR count). The van der Waals surface area contributed by atoms with Crippen LogP contribution < -0.4 is 10.8 Å². The van der Waals surface area contributed by atoms with Crippen LogP contribution in [0.25, 0.3) is 0 Å². The zero-order valence-corrected chi connectivity index (χ0v) is 17.6. The van der Waals surface area contributed by atoms with Crippen LogP contribution in [0.1, 0.15) is 12.1 Å². The number of benzene rings is 1. The molecular weight excluding hydrogens is 458 g/mol. The quantitative estimate of drug-likeness (QED) is 0.164. The molecule has 1 heterocycles. The molecule has 9 nitrogen and oxygen atoms in total. The van der Waals surface area contributed by atoms with Gasteiger partial charge in [0, 0.05) is 46.0 Å². The van der Waals surface area contributed by atoms with E-state index < -0.39 is 10.8 Å². The molecule has 0 fully saturated rings. The average molecular weight is 476 g/mol. The topological polar surface area (TPSA) is 130 Å². The first kappa shape index (κ1) is 21.5. The third-order valence-corrected chi connectivity index (χ3v) is 5.34. The maximum atomic E-state index is 11.6. The van der Waals surface area contributed by atoms with Gasteiger partial charge < -0.3 is 5.32 Å². The predicted octanol–water partition coefficient (Wildman–Crippen LogP) is 1.87. The molecule has 0 aliphatic rings. The van der Waals surface area contributed by atoms with E-state index in [1.807, 2.05) is 17.6 Å². The van der Waals surface area contributed by atoms with Crippen LogP contribution in [0, 0.1) is 0 Å². The van der Waals surface area contributed by atoms with Gasteiger partial charge in [-0.05, 0) is 28.5 Å². The van der Waals surface area contributed by atoms with Crippen LogP contribution in [0.3, 0.4) is 0 Å². The Morgan fingerprint density at radius 2 is 2.26 bits per heavy atom. The van der Waals surface area contributed by atoms with E-state index in [-0.39, 0.29) is 23.9 Å². The number of nitrogens with one attached hydrogen (secondary N) is 2. The number of halogens is 1. The second-order valence-corrected chi connectivity index (χ2v) is 8.75. The summed E-state index contributed by atoms with van der Waals surface area (Å²) in [6, 6.07) is 7.21. The lowest BCUT2D eigenvalue weighted by Crippen LogP contribution is -2.27. The van der Waals surface area contributed by atoms with Crippen LogP contribution in [-0.4, -0.2) is 55.8 Å². The minimum absolute atomic E-state index is 0.0892. The summed E-state index contributed by atoms with van der Waals surface area (Å²) in [5.41, 5.74) is 2.87. The number of nitrogens with zero attached hydrogens (tertiary/aromatic N) is 3. The lowest BCUT2D eigenvalue weighted by Gasteiger charge is -2.05. The number of amides is 1. The van der Waals surface area contributed by atoms with Crippen LogP contribution >= 0.6 is 27.7 Å². The second kappa shape index (κ2) is 11.2. The minimum atomic E-state index is -0.989. The lowest BCUT2D eigenvalue weighted by atomic mass is 10.3. The molecule has 1 unspecified atom stereocenters. The Bertz CT molecular complexity index is 830. The van der Waals surface area contributed by atoms with Crippen molar-refractivity contribution in [2.24, 2.45) is 4.99 Å². The molecule has 0 bridgehead atoms.